The molecule has 0 radical (unpaired) electrons. The van der Waals surface area contributed by atoms with Gasteiger partial charge in [-0.25, -0.2) is 4.98 Å². The van der Waals surface area contributed by atoms with E-state index in [0.29, 0.717) is 37.0 Å². The van der Waals surface area contributed by atoms with E-state index in [4.69, 9.17) is 9.72 Å². The predicted octanol–water partition coefficient (Wildman–Crippen LogP) is 2.84. The normalized spacial score (nSPS) is 14.0. The second kappa shape index (κ2) is 7.94. The molecular formula is C21H19N5O. The third-order valence-electron chi connectivity index (χ3n) is 4.42. The fraction of sp³-hybridized carbons (Fsp3) is 0.238. The summed E-state index contributed by atoms with van der Waals surface area (Å²) in [6.07, 6.45) is 0.631. The lowest BCUT2D eigenvalue weighted by molar-refractivity contribution is 0.122. The molecule has 6 heteroatoms. The van der Waals surface area contributed by atoms with Crippen LogP contribution in [-0.4, -0.2) is 41.3 Å². The largest absolute Gasteiger partial charge is 0.378 e. The number of ether oxygens (including phenoxy) is 1. The van der Waals surface area contributed by atoms with Gasteiger partial charge in [-0.05, 0) is 17.7 Å². The van der Waals surface area contributed by atoms with Crippen LogP contribution in [0, 0.1) is 11.3 Å². The fourth-order valence-electron chi connectivity index (χ4n) is 3.03. The van der Waals surface area contributed by atoms with E-state index >= 15 is 0 Å². The first-order valence-corrected chi connectivity index (χ1v) is 8.94. The van der Waals surface area contributed by atoms with E-state index in [1.807, 2.05) is 36.4 Å². The van der Waals surface area contributed by atoms with E-state index in [1.54, 1.807) is 6.07 Å². The van der Waals surface area contributed by atoms with Crippen LogP contribution < -0.4 is 4.90 Å². The van der Waals surface area contributed by atoms with Gasteiger partial charge >= 0.3 is 0 Å². The molecule has 134 valence electrons. The number of hydrogen-bond donors (Lipinski definition) is 0. The third kappa shape index (κ3) is 4.10. The lowest BCUT2D eigenvalue weighted by Gasteiger charge is -2.27. The lowest BCUT2D eigenvalue weighted by atomic mass is 10.1. The molecule has 3 aromatic rings. The van der Waals surface area contributed by atoms with Crippen LogP contribution in [0.2, 0.25) is 0 Å². The Morgan fingerprint density at radius 1 is 0.963 bits per heavy atom. The number of nitrogens with zero attached hydrogens (tertiary/aromatic N) is 5. The van der Waals surface area contributed by atoms with Crippen molar-refractivity contribution >= 4 is 5.95 Å². The van der Waals surface area contributed by atoms with Crippen LogP contribution in [0.15, 0.2) is 54.6 Å². The van der Waals surface area contributed by atoms with E-state index in [2.05, 4.69) is 33.1 Å². The zero-order valence-electron chi connectivity index (χ0n) is 14.9. The summed E-state index contributed by atoms with van der Waals surface area (Å²) in [5.41, 5.74) is 2.55. The Kier molecular flexibility index (Phi) is 5.04. The van der Waals surface area contributed by atoms with Crippen molar-refractivity contribution in [3.8, 4) is 17.5 Å². The molecule has 2 heterocycles. The van der Waals surface area contributed by atoms with Gasteiger partial charge in [0.2, 0.25) is 5.95 Å². The summed E-state index contributed by atoms with van der Waals surface area (Å²) in [6.45, 7) is 2.84. The molecule has 2 aromatic carbocycles. The van der Waals surface area contributed by atoms with Gasteiger partial charge in [0.05, 0.1) is 24.8 Å². The van der Waals surface area contributed by atoms with Gasteiger partial charge in [-0.3, -0.25) is 0 Å². The summed E-state index contributed by atoms with van der Waals surface area (Å²) in [5, 5.41) is 9.19. The molecule has 1 fully saturated rings. The molecule has 0 bridgehead atoms. The SMILES string of the molecule is N#Cc1cccc(-c2nc(Cc3ccccc3)nc(N3CCOCC3)n2)c1. The molecule has 27 heavy (non-hydrogen) atoms. The summed E-state index contributed by atoms with van der Waals surface area (Å²) in [6, 6.07) is 19.7. The molecule has 0 saturated carbocycles. The minimum absolute atomic E-state index is 0.588. The molecular weight excluding hydrogens is 338 g/mol. The van der Waals surface area contributed by atoms with Crippen molar-refractivity contribution in [3.63, 3.8) is 0 Å². The first kappa shape index (κ1) is 17.1. The van der Waals surface area contributed by atoms with Crippen LogP contribution in [0.4, 0.5) is 5.95 Å². The van der Waals surface area contributed by atoms with Crippen molar-refractivity contribution in [1.82, 2.24) is 15.0 Å². The van der Waals surface area contributed by atoms with E-state index in [1.165, 1.54) is 0 Å². The summed E-state index contributed by atoms with van der Waals surface area (Å²) >= 11 is 0. The Hall–Kier alpha value is -3.30. The number of aromatic nitrogens is 3. The summed E-state index contributed by atoms with van der Waals surface area (Å²) in [4.78, 5) is 16.2. The monoisotopic (exact) mass is 357 g/mol. The molecule has 1 saturated heterocycles. The zero-order valence-corrected chi connectivity index (χ0v) is 14.9. The lowest BCUT2D eigenvalue weighted by Crippen LogP contribution is -2.37. The molecule has 0 unspecified atom stereocenters. The Balaban J connectivity index is 1.74. The third-order valence-corrected chi connectivity index (χ3v) is 4.42. The van der Waals surface area contributed by atoms with Crippen molar-refractivity contribution in [3.05, 3.63) is 71.5 Å². The van der Waals surface area contributed by atoms with Crippen LogP contribution in [0.5, 0.6) is 0 Å². The van der Waals surface area contributed by atoms with E-state index in [9.17, 15) is 5.26 Å². The maximum absolute atomic E-state index is 9.19. The standard InChI is InChI=1S/C21H19N5O/c22-15-17-7-4-8-18(13-17)20-23-19(14-16-5-2-1-3-6-16)24-21(25-20)26-9-11-27-12-10-26/h1-8,13H,9-12,14H2. The number of nitriles is 1. The molecule has 1 aliphatic heterocycles. The first-order valence-electron chi connectivity index (χ1n) is 8.94. The number of rotatable bonds is 4. The molecule has 0 N–H and O–H groups in total. The number of hydrogen-bond acceptors (Lipinski definition) is 6. The second-order valence-corrected chi connectivity index (χ2v) is 6.33. The van der Waals surface area contributed by atoms with Crippen molar-refractivity contribution in [2.24, 2.45) is 0 Å². The highest BCUT2D eigenvalue weighted by atomic mass is 16.5. The molecule has 0 atom stereocenters. The first-order chi connectivity index (χ1) is 13.3. The van der Waals surface area contributed by atoms with Gasteiger partial charge in [-0.1, -0.05) is 42.5 Å². The highest BCUT2D eigenvalue weighted by Crippen LogP contribution is 2.21. The van der Waals surface area contributed by atoms with Crippen molar-refractivity contribution in [2.45, 2.75) is 6.42 Å². The predicted molar refractivity (Wildman–Crippen MR) is 102 cm³/mol. The minimum Gasteiger partial charge on any atom is -0.378 e. The highest BCUT2D eigenvalue weighted by molar-refractivity contribution is 5.59. The summed E-state index contributed by atoms with van der Waals surface area (Å²) in [5.74, 6) is 1.97. The molecule has 4 rings (SSSR count). The van der Waals surface area contributed by atoms with Gasteiger partial charge in [0.1, 0.15) is 5.82 Å². The molecule has 0 amide bonds. The molecule has 0 aliphatic carbocycles. The van der Waals surface area contributed by atoms with E-state index in [0.717, 1.165) is 30.0 Å². The van der Waals surface area contributed by atoms with Crippen molar-refractivity contribution in [2.75, 3.05) is 31.2 Å². The molecule has 0 spiro atoms. The Labute approximate surface area is 158 Å². The average Bonchev–Trinajstić information content (AvgIpc) is 2.75. The Bertz CT molecular complexity index is 962. The van der Waals surface area contributed by atoms with Gasteiger partial charge in [0.25, 0.3) is 0 Å². The Morgan fingerprint density at radius 2 is 1.78 bits per heavy atom. The minimum atomic E-state index is 0.588. The smallest absolute Gasteiger partial charge is 0.229 e. The molecule has 1 aliphatic rings. The number of anilines is 1. The van der Waals surface area contributed by atoms with Gasteiger partial charge in [0, 0.05) is 25.1 Å². The fourth-order valence-corrected chi connectivity index (χ4v) is 3.03. The summed E-state index contributed by atoms with van der Waals surface area (Å²) in [7, 11) is 0. The maximum Gasteiger partial charge on any atom is 0.229 e. The Morgan fingerprint density at radius 3 is 2.56 bits per heavy atom. The van der Waals surface area contributed by atoms with Gasteiger partial charge in [-0.2, -0.15) is 15.2 Å². The molecule has 1 aromatic heterocycles. The van der Waals surface area contributed by atoms with Crippen LogP contribution in [0.25, 0.3) is 11.4 Å². The highest BCUT2D eigenvalue weighted by Gasteiger charge is 2.17. The maximum atomic E-state index is 9.19. The van der Waals surface area contributed by atoms with Crippen LogP contribution in [0.3, 0.4) is 0 Å². The quantitative estimate of drug-likeness (QED) is 0.715. The van der Waals surface area contributed by atoms with E-state index in [-0.39, 0.29) is 0 Å². The van der Waals surface area contributed by atoms with Gasteiger partial charge in [0.15, 0.2) is 5.82 Å². The zero-order chi connectivity index (χ0) is 18.5. The summed E-state index contributed by atoms with van der Waals surface area (Å²) < 4.78 is 5.44. The van der Waals surface area contributed by atoms with Crippen LogP contribution in [-0.2, 0) is 11.2 Å². The topological polar surface area (TPSA) is 74.9 Å². The number of benzene rings is 2. The average molecular weight is 357 g/mol. The molecule has 6 nitrogen and oxygen atoms in total. The van der Waals surface area contributed by atoms with Crippen molar-refractivity contribution < 1.29 is 4.74 Å². The van der Waals surface area contributed by atoms with Gasteiger partial charge in [-0.15, -0.1) is 0 Å². The number of morpholine rings is 1. The van der Waals surface area contributed by atoms with Crippen LogP contribution in [0.1, 0.15) is 17.0 Å². The van der Waals surface area contributed by atoms with Gasteiger partial charge < -0.3 is 9.64 Å². The van der Waals surface area contributed by atoms with Crippen molar-refractivity contribution in [1.29, 1.82) is 5.26 Å². The van der Waals surface area contributed by atoms with E-state index < -0.39 is 0 Å². The second-order valence-electron chi connectivity index (χ2n) is 6.33. The van der Waals surface area contributed by atoms with Crippen LogP contribution >= 0.6 is 0 Å².